The van der Waals surface area contributed by atoms with Gasteiger partial charge >= 0.3 is 0 Å². The van der Waals surface area contributed by atoms with Crippen LogP contribution in [-0.2, 0) is 0 Å². The number of halogens is 1. The molecule has 0 fully saturated rings. The van der Waals surface area contributed by atoms with E-state index < -0.39 is 17.5 Å². The first-order valence-corrected chi connectivity index (χ1v) is 5.93. The lowest BCUT2D eigenvalue weighted by atomic mass is 10.1. The molecule has 4 nitrogen and oxygen atoms in total. The molecule has 6 heteroatoms. The Bertz CT molecular complexity index is 445. The Morgan fingerprint density at radius 2 is 2.28 bits per heavy atom. The van der Waals surface area contributed by atoms with Crippen molar-refractivity contribution in [3.05, 3.63) is 29.6 Å². The maximum atomic E-state index is 13.4. The zero-order valence-electron chi connectivity index (χ0n) is 9.94. The lowest BCUT2D eigenvalue weighted by molar-refractivity contribution is 0.0930. The summed E-state index contributed by atoms with van der Waals surface area (Å²) >= 11 is 4.76. The fraction of sp³-hybridized carbons (Fsp3) is 0.333. The molecule has 0 spiro atoms. The molecule has 0 aromatic heterocycles. The van der Waals surface area contributed by atoms with Crippen molar-refractivity contribution >= 4 is 23.1 Å². The molecule has 4 N–H and O–H groups in total. The number of rotatable bonds is 5. The van der Waals surface area contributed by atoms with Gasteiger partial charge in [0.2, 0.25) is 0 Å². The second-order valence-electron chi connectivity index (χ2n) is 3.88. The topological polar surface area (TPSA) is 75.3 Å². The van der Waals surface area contributed by atoms with Gasteiger partial charge in [0.05, 0.1) is 4.99 Å². The summed E-state index contributed by atoms with van der Waals surface area (Å²) in [6.07, 6.45) is 0.949. The molecule has 18 heavy (non-hydrogen) atoms. The van der Waals surface area contributed by atoms with E-state index in [1.807, 2.05) is 6.92 Å². The fourth-order valence-electron chi connectivity index (χ4n) is 1.54. The largest absolute Gasteiger partial charge is 0.507 e. The zero-order valence-corrected chi connectivity index (χ0v) is 10.8. The summed E-state index contributed by atoms with van der Waals surface area (Å²) in [5, 5.41) is 12.1. The van der Waals surface area contributed by atoms with Gasteiger partial charge in [0.1, 0.15) is 17.1 Å². The maximum Gasteiger partial charge on any atom is 0.258 e. The normalized spacial score (nSPS) is 11.9. The van der Waals surface area contributed by atoms with E-state index in [1.165, 1.54) is 12.1 Å². The van der Waals surface area contributed by atoms with Crippen LogP contribution in [-0.4, -0.2) is 22.0 Å². The Morgan fingerprint density at radius 3 is 2.78 bits per heavy atom. The SMILES string of the molecule is CCC(CC(N)=S)NC(=O)c1c(O)cccc1F. The average Bonchev–Trinajstić information content (AvgIpc) is 2.27. The Morgan fingerprint density at radius 1 is 1.61 bits per heavy atom. The molecule has 1 amide bonds. The van der Waals surface area contributed by atoms with Crippen LogP contribution in [0.3, 0.4) is 0 Å². The molecular weight excluding hydrogens is 255 g/mol. The smallest absolute Gasteiger partial charge is 0.258 e. The van der Waals surface area contributed by atoms with Crippen LogP contribution in [0.25, 0.3) is 0 Å². The van der Waals surface area contributed by atoms with Crippen LogP contribution < -0.4 is 11.1 Å². The molecule has 1 rings (SSSR count). The Labute approximate surface area is 110 Å². The van der Waals surface area contributed by atoms with Gasteiger partial charge in [0, 0.05) is 12.5 Å². The highest BCUT2D eigenvalue weighted by atomic mass is 32.1. The van der Waals surface area contributed by atoms with E-state index in [4.69, 9.17) is 18.0 Å². The van der Waals surface area contributed by atoms with E-state index in [0.717, 1.165) is 6.07 Å². The molecule has 0 saturated heterocycles. The highest BCUT2D eigenvalue weighted by Crippen LogP contribution is 2.19. The molecule has 1 atom stereocenters. The first kappa shape index (κ1) is 14.4. The predicted octanol–water partition coefficient (Wildman–Crippen LogP) is 1.72. The van der Waals surface area contributed by atoms with Crippen molar-refractivity contribution in [2.45, 2.75) is 25.8 Å². The van der Waals surface area contributed by atoms with Gasteiger partial charge in [-0.1, -0.05) is 25.2 Å². The highest BCUT2D eigenvalue weighted by molar-refractivity contribution is 7.80. The highest BCUT2D eigenvalue weighted by Gasteiger charge is 2.19. The standard InChI is InChI=1S/C12H15FN2O2S/c1-2-7(6-10(14)18)15-12(17)11-8(13)4-3-5-9(11)16/h3-5,7,16H,2,6H2,1H3,(H2,14,18)(H,15,17). The number of phenolic OH excluding ortho intramolecular Hbond substituents is 1. The van der Waals surface area contributed by atoms with Crippen molar-refractivity contribution in [1.82, 2.24) is 5.32 Å². The van der Waals surface area contributed by atoms with Crippen molar-refractivity contribution < 1.29 is 14.3 Å². The molecule has 0 saturated carbocycles. The van der Waals surface area contributed by atoms with Gasteiger partial charge < -0.3 is 16.2 Å². The number of nitrogens with two attached hydrogens (primary N) is 1. The van der Waals surface area contributed by atoms with Crippen LogP contribution in [0.4, 0.5) is 4.39 Å². The van der Waals surface area contributed by atoms with E-state index >= 15 is 0 Å². The molecule has 0 heterocycles. The van der Waals surface area contributed by atoms with Gasteiger partial charge in [-0.2, -0.15) is 0 Å². The number of phenols is 1. The van der Waals surface area contributed by atoms with Crippen molar-refractivity contribution in [3.8, 4) is 5.75 Å². The Hall–Kier alpha value is -1.69. The summed E-state index contributed by atoms with van der Waals surface area (Å²) in [7, 11) is 0. The molecule has 0 aliphatic rings. The predicted molar refractivity (Wildman–Crippen MR) is 71.0 cm³/mol. The molecule has 98 valence electrons. The summed E-state index contributed by atoms with van der Waals surface area (Å²) in [5.41, 5.74) is 5.04. The van der Waals surface area contributed by atoms with Gasteiger partial charge in [0.15, 0.2) is 0 Å². The molecule has 1 unspecified atom stereocenters. The van der Waals surface area contributed by atoms with Crippen molar-refractivity contribution in [2.75, 3.05) is 0 Å². The minimum absolute atomic E-state index is 0.269. The third-order valence-corrected chi connectivity index (χ3v) is 2.66. The van der Waals surface area contributed by atoms with E-state index in [1.54, 1.807) is 0 Å². The Balaban J connectivity index is 2.84. The van der Waals surface area contributed by atoms with Crippen LogP contribution in [0.1, 0.15) is 30.1 Å². The number of benzene rings is 1. The minimum atomic E-state index is -0.766. The summed E-state index contributed by atoms with van der Waals surface area (Å²) in [6.45, 7) is 1.85. The number of carbonyl (C=O) groups is 1. The molecule has 0 bridgehead atoms. The zero-order chi connectivity index (χ0) is 13.7. The number of amides is 1. The van der Waals surface area contributed by atoms with Crippen LogP contribution in [0.5, 0.6) is 5.75 Å². The third kappa shape index (κ3) is 3.66. The molecule has 0 aliphatic heterocycles. The van der Waals surface area contributed by atoms with E-state index in [9.17, 15) is 14.3 Å². The minimum Gasteiger partial charge on any atom is -0.507 e. The van der Waals surface area contributed by atoms with Crippen molar-refractivity contribution in [2.24, 2.45) is 5.73 Å². The van der Waals surface area contributed by atoms with Crippen LogP contribution in [0, 0.1) is 5.82 Å². The second kappa shape index (κ2) is 6.30. The average molecular weight is 270 g/mol. The van der Waals surface area contributed by atoms with E-state index in [-0.39, 0.29) is 16.6 Å². The summed E-state index contributed by atoms with van der Waals surface area (Å²) in [4.78, 5) is 12.1. The molecule has 1 aromatic carbocycles. The molecule has 0 radical (unpaired) electrons. The van der Waals surface area contributed by atoms with Gasteiger partial charge in [-0.3, -0.25) is 4.79 Å². The van der Waals surface area contributed by atoms with E-state index in [2.05, 4.69) is 5.32 Å². The number of thiocarbonyl (C=S) groups is 1. The summed E-state index contributed by atoms with van der Waals surface area (Å²) in [6, 6.07) is 3.43. The lowest BCUT2D eigenvalue weighted by Crippen LogP contribution is -2.37. The van der Waals surface area contributed by atoms with Gasteiger partial charge in [-0.05, 0) is 18.6 Å². The molecule has 1 aromatic rings. The quantitative estimate of drug-likeness (QED) is 0.712. The maximum absolute atomic E-state index is 13.4. The second-order valence-corrected chi connectivity index (χ2v) is 4.41. The van der Waals surface area contributed by atoms with Gasteiger partial charge in [-0.15, -0.1) is 0 Å². The first-order valence-electron chi connectivity index (χ1n) is 5.52. The number of aromatic hydroxyl groups is 1. The number of hydrogen-bond donors (Lipinski definition) is 3. The molecular formula is C12H15FN2O2S. The van der Waals surface area contributed by atoms with Gasteiger partial charge in [-0.25, -0.2) is 4.39 Å². The lowest BCUT2D eigenvalue weighted by Gasteiger charge is -2.16. The van der Waals surface area contributed by atoms with Crippen LogP contribution >= 0.6 is 12.2 Å². The van der Waals surface area contributed by atoms with Crippen molar-refractivity contribution in [3.63, 3.8) is 0 Å². The first-order chi connectivity index (χ1) is 8.45. The van der Waals surface area contributed by atoms with Crippen molar-refractivity contribution in [1.29, 1.82) is 0 Å². The summed E-state index contributed by atoms with van der Waals surface area (Å²) in [5.74, 6) is -1.83. The molecule has 0 aliphatic carbocycles. The van der Waals surface area contributed by atoms with Crippen LogP contribution in [0.15, 0.2) is 18.2 Å². The van der Waals surface area contributed by atoms with Gasteiger partial charge in [0.25, 0.3) is 5.91 Å². The summed E-state index contributed by atoms with van der Waals surface area (Å²) < 4.78 is 13.4. The number of nitrogens with one attached hydrogen (secondary N) is 1. The van der Waals surface area contributed by atoms with Crippen LogP contribution in [0.2, 0.25) is 0 Å². The fourth-order valence-corrected chi connectivity index (χ4v) is 1.74. The number of carbonyl (C=O) groups excluding carboxylic acids is 1. The number of hydrogen-bond acceptors (Lipinski definition) is 3. The third-order valence-electron chi connectivity index (χ3n) is 2.49. The Kier molecular flexibility index (Phi) is 5.03. The van der Waals surface area contributed by atoms with E-state index in [0.29, 0.717) is 12.8 Å². The monoisotopic (exact) mass is 270 g/mol.